The molecule has 0 atom stereocenters. The molecule has 0 saturated carbocycles. The molecule has 0 aliphatic heterocycles. The van der Waals surface area contributed by atoms with Gasteiger partial charge in [0.1, 0.15) is 5.82 Å². The van der Waals surface area contributed by atoms with Crippen molar-refractivity contribution >= 4 is 11.5 Å². The van der Waals surface area contributed by atoms with Crippen LogP contribution < -0.4 is 11.1 Å². The van der Waals surface area contributed by atoms with Crippen LogP contribution in [-0.4, -0.2) is 11.5 Å². The van der Waals surface area contributed by atoms with Gasteiger partial charge in [0.05, 0.1) is 6.20 Å². The second-order valence-electron chi connectivity index (χ2n) is 4.20. The molecule has 3 N–H and O–H groups in total. The van der Waals surface area contributed by atoms with Crippen LogP contribution in [0.15, 0.2) is 36.5 Å². The summed E-state index contributed by atoms with van der Waals surface area (Å²) in [6, 6.07) is 8.36. The van der Waals surface area contributed by atoms with Gasteiger partial charge in [0.25, 0.3) is 0 Å². The number of hydrogen-bond donors (Lipinski definition) is 2. The Morgan fingerprint density at radius 2 is 2.05 bits per heavy atom. The zero-order valence-electron chi connectivity index (χ0n) is 10.4. The van der Waals surface area contributed by atoms with Crippen LogP contribution in [0.2, 0.25) is 0 Å². The smallest absolute Gasteiger partial charge is 0.168 e. The van der Waals surface area contributed by atoms with Crippen molar-refractivity contribution in [1.82, 2.24) is 4.98 Å². The number of nitrogens with zero attached hydrogens (tertiary/aromatic N) is 1. The van der Waals surface area contributed by atoms with Gasteiger partial charge in [-0.15, -0.1) is 0 Å². The molecule has 0 fully saturated rings. The van der Waals surface area contributed by atoms with Gasteiger partial charge >= 0.3 is 0 Å². The summed E-state index contributed by atoms with van der Waals surface area (Å²) >= 11 is 0. The Balaban J connectivity index is 2.14. The first-order valence-electron chi connectivity index (χ1n) is 6.06. The number of benzene rings is 1. The fraction of sp³-hybridized carbons (Fsp3) is 0.214. The Kier molecular flexibility index (Phi) is 4.41. The van der Waals surface area contributed by atoms with Gasteiger partial charge in [-0.25, -0.2) is 13.8 Å². The predicted molar refractivity (Wildman–Crippen MR) is 71.3 cm³/mol. The molecule has 2 aromatic rings. The van der Waals surface area contributed by atoms with E-state index in [1.165, 1.54) is 0 Å². The van der Waals surface area contributed by atoms with E-state index < -0.39 is 11.6 Å². The number of anilines is 2. The fourth-order valence-corrected chi connectivity index (χ4v) is 1.75. The highest BCUT2D eigenvalue weighted by molar-refractivity contribution is 5.57. The van der Waals surface area contributed by atoms with Crippen LogP contribution in [0.5, 0.6) is 0 Å². The van der Waals surface area contributed by atoms with Gasteiger partial charge in [0, 0.05) is 11.8 Å². The summed E-state index contributed by atoms with van der Waals surface area (Å²) in [5.74, 6) is -1.40. The normalized spacial score (nSPS) is 10.5. The summed E-state index contributed by atoms with van der Waals surface area (Å²) in [5.41, 5.74) is 7.29. The maximum atomic E-state index is 13.5. The molecular formula is C14H15F2N3. The average molecular weight is 263 g/mol. The molecule has 0 bridgehead atoms. The van der Waals surface area contributed by atoms with Crippen molar-refractivity contribution in [2.24, 2.45) is 5.73 Å². The zero-order chi connectivity index (χ0) is 13.7. The lowest BCUT2D eigenvalue weighted by Gasteiger charge is -2.08. The molecule has 100 valence electrons. The van der Waals surface area contributed by atoms with Crippen molar-refractivity contribution in [1.29, 1.82) is 0 Å². The number of halogens is 2. The van der Waals surface area contributed by atoms with Gasteiger partial charge in [-0.05, 0) is 37.1 Å². The number of aromatic nitrogens is 1. The second-order valence-corrected chi connectivity index (χ2v) is 4.20. The lowest BCUT2D eigenvalue weighted by Crippen LogP contribution is -2.01. The number of nitrogens with two attached hydrogens (primary N) is 1. The van der Waals surface area contributed by atoms with E-state index >= 15 is 0 Å². The molecule has 0 spiro atoms. The summed E-state index contributed by atoms with van der Waals surface area (Å²) in [6.45, 7) is 0.631. The number of nitrogens with one attached hydrogen (secondary N) is 1. The van der Waals surface area contributed by atoms with E-state index in [0.717, 1.165) is 30.7 Å². The summed E-state index contributed by atoms with van der Waals surface area (Å²) in [5, 5.41) is 2.83. The monoisotopic (exact) mass is 263 g/mol. The van der Waals surface area contributed by atoms with Crippen LogP contribution in [0.4, 0.5) is 20.3 Å². The molecule has 1 aromatic carbocycles. The van der Waals surface area contributed by atoms with Gasteiger partial charge in [0.2, 0.25) is 0 Å². The lowest BCUT2D eigenvalue weighted by atomic mass is 10.1. The molecule has 1 heterocycles. The van der Waals surface area contributed by atoms with Gasteiger partial charge < -0.3 is 11.1 Å². The molecule has 0 aliphatic rings. The molecule has 0 unspecified atom stereocenters. The van der Waals surface area contributed by atoms with Crippen molar-refractivity contribution in [3.63, 3.8) is 0 Å². The third-order valence-corrected chi connectivity index (χ3v) is 2.67. The molecule has 0 radical (unpaired) electrons. The molecular weight excluding hydrogens is 248 g/mol. The molecule has 0 amide bonds. The minimum Gasteiger partial charge on any atom is -0.338 e. The zero-order valence-corrected chi connectivity index (χ0v) is 10.4. The van der Waals surface area contributed by atoms with Crippen LogP contribution in [0.25, 0.3) is 0 Å². The minimum atomic E-state index is -0.715. The van der Waals surface area contributed by atoms with Gasteiger partial charge in [-0.2, -0.15) is 0 Å². The molecule has 5 heteroatoms. The van der Waals surface area contributed by atoms with Crippen molar-refractivity contribution < 1.29 is 8.78 Å². The van der Waals surface area contributed by atoms with Crippen molar-refractivity contribution in [2.75, 3.05) is 11.9 Å². The third kappa shape index (κ3) is 3.72. The number of hydrogen-bond acceptors (Lipinski definition) is 3. The summed E-state index contributed by atoms with van der Waals surface area (Å²) in [4.78, 5) is 3.68. The predicted octanol–water partition coefficient (Wildman–Crippen LogP) is 2.99. The number of aryl methyl sites for hydroxylation is 1. The van der Waals surface area contributed by atoms with E-state index in [1.54, 1.807) is 6.07 Å². The molecule has 1 aromatic heterocycles. The molecule has 3 nitrogen and oxygen atoms in total. The topological polar surface area (TPSA) is 50.9 Å². The molecule has 0 saturated heterocycles. The highest BCUT2D eigenvalue weighted by Crippen LogP contribution is 2.19. The SMILES string of the molecule is NCCCc1cccc(Nc2ncc(F)cc2F)c1. The average Bonchev–Trinajstić information content (AvgIpc) is 2.40. The maximum Gasteiger partial charge on any atom is 0.168 e. The second kappa shape index (κ2) is 6.24. The van der Waals surface area contributed by atoms with E-state index in [2.05, 4.69) is 10.3 Å². The molecule has 19 heavy (non-hydrogen) atoms. The Bertz CT molecular complexity index is 558. The Labute approximate surface area is 110 Å². The van der Waals surface area contributed by atoms with Gasteiger partial charge in [0.15, 0.2) is 11.6 Å². The standard InChI is InChI=1S/C14H15F2N3/c15-11-8-13(16)14(18-9-11)19-12-5-1-3-10(7-12)4-2-6-17/h1,3,5,7-9H,2,4,6,17H2,(H,18,19). The largest absolute Gasteiger partial charge is 0.338 e. The summed E-state index contributed by atoms with van der Waals surface area (Å²) in [6.07, 6.45) is 2.74. The first-order valence-corrected chi connectivity index (χ1v) is 6.06. The Morgan fingerprint density at radius 3 is 2.79 bits per heavy atom. The van der Waals surface area contributed by atoms with E-state index in [9.17, 15) is 8.78 Å². The van der Waals surface area contributed by atoms with Crippen LogP contribution in [-0.2, 0) is 6.42 Å². The maximum absolute atomic E-state index is 13.5. The number of pyridine rings is 1. The molecule has 2 rings (SSSR count). The van der Waals surface area contributed by atoms with E-state index in [4.69, 9.17) is 5.73 Å². The van der Waals surface area contributed by atoms with Crippen molar-refractivity contribution in [3.05, 3.63) is 53.7 Å². The van der Waals surface area contributed by atoms with Crippen molar-refractivity contribution in [3.8, 4) is 0 Å². The summed E-state index contributed by atoms with van der Waals surface area (Å²) in [7, 11) is 0. The van der Waals surface area contributed by atoms with Crippen molar-refractivity contribution in [2.45, 2.75) is 12.8 Å². The van der Waals surface area contributed by atoms with Gasteiger partial charge in [-0.3, -0.25) is 0 Å². The van der Waals surface area contributed by atoms with Crippen LogP contribution in [0, 0.1) is 11.6 Å². The van der Waals surface area contributed by atoms with Crippen LogP contribution in [0.1, 0.15) is 12.0 Å². The Hall–Kier alpha value is -2.01. The van der Waals surface area contributed by atoms with E-state index in [-0.39, 0.29) is 5.82 Å². The van der Waals surface area contributed by atoms with Gasteiger partial charge in [-0.1, -0.05) is 12.1 Å². The molecule has 0 aliphatic carbocycles. The third-order valence-electron chi connectivity index (χ3n) is 2.67. The Morgan fingerprint density at radius 1 is 1.21 bits per heavy atom. The van der Waals surface area contributed by atoms with Crippen LogP contribution in [0.3, 0.4) is 0 Å². The first kappa shape index (κ1) is 13.4. The van der Waals surface area contributed by atoms with Crippen LogP contribution >= 0.6 is 0 Å². The minimum absolute atomic E-state index is 0.0115. The number of rotatable bonds is 5. The van der Waals surface area contributed by atoms with E-state index in [0.29, 0.717) is 12.2 Å². The van der Waals surface area contributed by atoms with E-state index in [1.807, 2.05) is 18.2 Å². The summed E-state index contributed by atoms with van der Waals surface area (Å²) < 4.78 is 26.2. The highest BCUT2D eigenvalue weighted by Gasteiger charge is 2.05. The lowest BCUT2D eigenvalue weighted by molar-refractivity contribution is 0.576. The quantitative estimate of drug-likeness (QED) is 0.872. The first-order chi connectivity index (χ1) is 9.19. The highest BCUT2D eigenvalue weighted by atomic mass is 19.1. The fourth-order valence-electron chi connectivity index (χ4n) is 1.75.